The van der Waals surface area contributed by atoms with Crippen LogP contribution in [0.1, 0.15) is 29.2 Å². The minimum absolute atomic E-state index is 0.0572. The van der Waals surface area contributed by atoms with Gasteiger partial charge in [0.15, 0.2) is 11.6 Å². The van der Waals surface area contributed by atoms with Crippen molar-refractivity contribution < 1.29 is 18.3 Å². The van der Waals surface area contributed by atoms with Gasteiger partial charge in [0.25, 0.3) is 5.91 Å². The topological polar surface area (TPSA) is 67.4 Å². The van der Waals surface area contributed by atoms with Crippen LogP contribution in [0, 0.1) is 11.6 Å². The molecule has 0 radical (unpaired) electrons. The number of ether oxygens (including phenoxy) is 1. The zero-order valence-corrected chi connectivity index (χ0v) is 16.7. The van der Waals surface area contributed by atoms with Crippen molar-refractivity contribution in [1.29, 1.82) is 0 Å². The standard InChI is InChI=1S/C18H17ClF2N4O2S/c1-3-25(4-2)24-17(26)15-11(20)5-6-13(16(15)21)27-9-14-23-12-7-10(19)8-22-18(12)28-14/h5-8H,3-4,9H2,1-2H3,(H,24,26). The van der Waals surface area contributed by atoms with Crippen molar-refractivity contribution >= 4 is 39.2 Å². The van der Waals surface area contributed by atoms with Crippen molar-refractivity contribution in [2.24, 2.45) is 0 Å². The van der Waals surface area contributed by atoms with Crippen LogP contribution in [0.5, 0.6) is 5.75 Å². The first-order valence-corrected chi connectivity index (χ1v) is 9.70. The number of amides is 1. The van der Waals surface area contributed by atoms with Gasteiger partial charge in [-0.05, 0) is 18.2 Å². The van der Waals surface area contributed by atoms with Gasteiger partial charge in [-0.1, -0.05) is 36.8 Å². The van der Waals surface area contributed by atoms with E-state index in [1.807, 2.05) is 13.8 Å². The summed E-state index contributed by atoms with van der Waals surface area (Å²) in [7, 11) is 0. The summed E-state index contributed by atoms with van der Waals surface area (Å²) < 4.78 is 34.2. The number of thiazole rings is 1. The number of benzene rings is 1. The van der Waals surface area contributed by atoms with E-state index in [2.05, 4.69) is 15.4 Å². The van der Waals surface area contributed by atoms with Crippen molar-refractivity contribution in [3.63, 3.8) is 0 Å². The first-order chi connectivity index (χ1) is 13.4. The average Bonchev–Trinajstić information content (AvgIpc) is 3.07. The highest BCUT2D eigenvalue weighted by molar-refractivity contribution is 7.18. The minimum atomic E-state index is -1.06. The molecule has 0 spiro atoms. The van der Waals surface area contributed by atoms with Gasteiger partial charge < -0.3 is 4.74 Å². The number of hydrogen-bond acceptors (Lipinski definition) is 6. The van der Waals surface area contributed by atoms with Crippen LogP contribution in [0.2, 0.25) is 5.02 Å². The van der Waals surface area contributed by atoms with Crippen LogP contribution in [0.3, 0.4) is 0 Å². The lowest BCUT2D eigenvalue weighted by atomic mass is 10.1. The summed E-state index contributed by atoms with van der Waals surface area (Å²) in [5.74, 6) is -3.14. The van der Waals surface area contributed by atoms with E-state index in [1.54, 1.807) is 6.07 Å². The number of aromatic nitrogens is 2. The third kappa shape index (κ3) is 4.37. The predicted molar refractivity (Wildman–Crippen MR) is 104 cm³/mol. The number of fused-ring (bicyclic) bond motifs is 1. The highest BCUT2D eigenvalue weighted by Crippen LogP contribution is 2.27. The number of carbonyl (C=O) groups excluding carboxylic acids is 1. The van der Waals surface area contributed by atoms with E-state index in [0.717, 1.165) is 12.1 Å². The van der Waals surface area contributed by atoms with Gasteiger partial charge in [-0.3, -0.25) is 10.2 Å². The maximum Gasteiger partial charge on any atom is 0.271 e. The Labute approximate surface area is 169 Å². The van der Waals surface area contributed by atoms with Crippen LogP contribution in [-0.2, 0) is 6.61 Å². The summed E-state index contributed by atoms with van der Waals surface area (Å²) in [6.07, 6.45) is 1.51. The van der Waals surface area contributed by atoms with Gasteiger partial charge >= 0.3 is 0 Å². The second kappa shape index (κ2) is 8.76. The molecule has 1 amide bonds. The first-order valence-electron chi connectivity index (χ1n) is 8.50. The number of pyridine rings is 1. The van der Waals surface area contributed by atoms with Gasteiger partial charge in [0.1, 0.15) is 33.3 Å². The number of rotatable bonds is 7. The minimum Gasteiger partial charge on any atom is -0.483 e. The number of hydrogen-bond donors (Lipinski definition) is 1. The van der Waals surface area contributed by atoms with Crippen LogP contribution in [0.15, 0.2) is 24.4 Å². The van der Waals surface area contributed by atoms with Crippen molar-refractivity contribution in [3.05, 3.63) is 51.6 Å². The Morgan fingerprint density at radius 3 is 2.79 bits per heavy atom. The monoisotopic (exact) mass is 426 g/mol. The molecule has 2 heterocycles. The smallest absolute Gasteiger partial charge is 0.271 e. The summed E-state index contributed by atoms with van der Waals surface area (Å²) in [5, 5.41) is 2.54. The van der Waals surface area contributed by atoms with E-state index >= 15 is 0 Å². The maximum atomic E-state index is 14.7. The Hall–Kier alpha value is -2.36. The highest BCUT2D eigenvalue weighted by atomic mass is 35.5. The summed E-state index contributed by atoms with van der Waals surface area (Å²) in [5.41, 5.74) is 2.38. The molecule has 0 fully saturated rings. The molecule has 0 aliphatic carbocycles. The molecule has 148 valence electrons. The zero-order valence-electron chi connectivity index (χ0n) is 15.1. The van der Waals surface area contributed by atoms with Crippen LogP contribution in [0.4, 0.5) is 8.78 Å². The number of hydrazine groups is 1. The number of nitrogens with zero attached hydrogens (tertiary/aromatic N) is 3. The molecule has 10 heteroatoms. The normalized spacial score (nSPS) is 11.2. The van der Waals surface area contributed by atoms with Gasteiger partial charge in [-0.25, -0.2) is 23.8 Å². The summed E-state index contributed by atoms with van der Waals surface area (Å²) >= 11 is 7.16. The average molecular weight is 427 g/mol. The first kappa shape index (κ1) is 20.4. The van der Waals surface area contributed by atoms with Crippen LogP contribution in [0.25, 0.3) is 10.3 Å². The lowest BCUT2D eigenvalue weighted by Gasteiger charge is -2.20. The Bertz CT molecular complexity index is 1010. The third-order valence-corrected chi connectivity index (χ3v) is 5.07. The van der Waals surface area contributed by atoms with Crippen molar-refractivity contribution in [1.82, 2.24) is 20.4 Å². The van der Waals surface area contributed by atoms with E-state index < -0.39 is 23.1 Å². The lowest BCUT2D eigenvalue weighted by Crippen LogP contribution is -2.42. The molecule has 3 aromatic rings. The summed E-state index contributed by atoms with van der Waals surface area (Å²) in [6, 6.07) is 3.80. The molecular weight excluding hydrogens is 410 g/mol. The van der Waals surface area contributed by atoms with Crippen LogP contribution >= 0.6 is 22.9 Å². The molecule has 0 atom stereocenters. The number of nitrogens with one attached hydrogen (secondary N) is 1. The van der Waals surface area contributed by atoms with Gasteiger partial charge in [0.05, 0.1) is 5.02 Å². The SMILES string of the molecule is CCN(CC)NC(=O)c1c(F)ccc(OCc2nc3cc(Cl)cnc3s2)c1F. The van der Waals surface area contributed by atoms with Crippen molar-refractivity contribution in [2.45, 2.75) is 20.5 Å². The Balaban J connectivity index is 1.79. The third-order valence-electron chi connectivity index (χ3n) is 3.92. The van der Waals surface area contributed by atoms with E-state index in [1.165, 1.54) is 22.5 Å². The Morgan fingerprint density at radius 1 is 1.32 bits per heavy atom. The van der Waals surface area contributed by atoms with Gasteiger partial charge in [0, 0.05) is 19.3 Å². The largest absolute Gasteiger partial charge is 0.483 e. The second-order valence-corrected chi connectivity index (χ2v) is 7.22. The van der Waals surface area contributed by atoms with E-state index in [9.17, 15) is 13.6 Å². The predicted octanol–water partition coefficient (Wildman–Crippen LogP) is 4.19. The fourth-order valence-corrected chi connectivity index (χ4v) is 3.43. The molecule has 0 bridgehead atoms. The quantitative estimate of drug-likeness (QED) is 0.574. The molecular formula is C18H17ClF2N4O2S. The molecule has 28 heavy (non-hydrogen) atoms. The van der Waals surface area contributed by atoms with E-state index in [-0.39, 0.29) is 12.4 Å². The Morgan fingerprint density at radius 2 is 2.07 bits per heavy atom. The molecule has 1 N–H and O–H groups in total. The van der Waals surface area contributed by atoms with Crippen molar-refractivity contribution in [2.75, 3.05) is 13.1 Å². The van der Waals surface area contributed by atoms with E-state index in [4.69, 9.17) is 16.3 Å². The molecule has 0 saturated heterocycles. The fourth-order valence-electron chi connectivity index (χ4n) is 2.48. The molecule has 0 aliphatic rings. The molecule has 1 aromatic carbocycles. The Kier molecular flexibility index (Phi) is 6.38. The van der Waals surface area contributed by atoms with Crippen LogP contribution < -0.4 is 10.2 Å². The molecule has 0 aliphatic heterocycles. The number of carbonyl (C=O) groups is 1. The molecule has 2 aromatic heterocycles. The zero-order chi connectivity index (χ0) is 20.3. The van der Waals surface area contributed by atoms with Gasteiger partial charge in [0.2, 0.25) is 0 Å². The highest BCUT2D eigenvalue weighted by Gasteiger charge is 2.23. The summed E-state index contributed by atoms with van der Waals surface area (Å²) in [4.78, 5) is 21.4. The molecule has 6 nitrogen and oxygen atoms in total. The maximum absolute atomic E-state index is 14.7. The molecule has 0 unspecified atom stereocenters. The van der Waals surface area contributed by atoms with Crippen LogP contribution in [-0.4, -0.2) is 34.0 Å². The van der Waals surface area contributed by atoms with E-state index in [0.29, 0.717) is 33.5 Å². The van der Waals surface area contributed by atoms with Gasteiger partial charge in [-0.2, -0.15) is 0 Å². The lowest BCUT2D eigenvalue weighted by molar-refractivity contribution is 0.0795. The molecule has 3 rings (SSSR count). The summed E-state index contributed by atoms with van der Waals surface area (Å²) in [6.45, 7) is 4.57. The molecule has 0 saturated carbocycles. The van der Waals surface area contributed by atoms with Crippen molar-refractivity contribution in [3.8, 4) is 5.75 Å². The second-order valence-electron chi connectivity index (χ2n) is 5.72. The fraction of sp³-hybridized carbons (Fsp3) is 0.278. The van der Waals surface area contributed by atoms with Gasteiger partial charge in [-0.15, -0.1) is 0 Å². The number of halogens is 3.